The minimum Gasteiger partial charge on any atom is -0.325 e. The Morgan fingerprint density at radius 3 is 2.76 bits per heavy atom. The molecule has 1 N–H and O–H groups in total. The van der Waals surface area contributed by atoms with Gasteiger partial charge in [-0.05, 0) is 41.5 Å². The zero-order valence-corrected chi connectivity index (χ0v) is 12.9. The van der Waals surface area contributed by atoms with Crippen molar-refractivity contribution in [2.24, 2.45) is 0 Å². The lowest BCUT2D eigenvalue weighted by Crippen LogP contribution is -2.12. The zero-order valence-electron chi connectivity index (χ0n) is 11.3. The molecule has 0 aliphatic carbocycles. The molecule has 0 spiro atoms. The molecule has 0 aliphatic rings. The molecule has 21 heavy (non-hydrogen) atoms. The van der Waals surface area contributed by atoms with E-state index in [1.54, 1.807) is 0 Å². The van der Waals surface area contributed by atoms with Crippen molar-refractivity contribution in [3.05, 3.63) is 68.5 Å². The third kappa shape index (κ3) is 2.37. The molecule has 0 atom stereocenters. The van der Waals surface area contributed by atoms with Gasteiger partial charge in [0.05, 0.1) is 0 Å². The van der Waals surface area contributed by atoms with E-state index in [1.165, 1.54) is 0 Å². The van der Waals surface area contributed by atoms with Crippen molar-refractivity contribution in [1.82, 2.24) is 4.98 Å². The maximum atomic E-state index is 11.9. The van der Waals surface area contributed by atoms with Gasteiger partial charge in [-0.1, -0.05) is 40.2 Å². The standard InChI is InChI=1S/C17H11BrN2O/c1-10-7-13(15(9-19)17(21)20-10)12-6-5-11-3-2-4-16(18)14(11)8-12/h2-8H,1H3,(H,20,21). The monoisotopic (exact) mass is 338 g/mol. The second-order valence-corrected chi connectivity index (χ2v) is 5.71. The Morgan fingerprint density at radius 1 is 1.19 bits per heavy atom. The Labute approximate surface area is 130 Å². The Hall–Kier alpha value is -2.38. The molecule has 0 saturated carbocycles. The molecule has 4 heteroatoms. The number of halogens is 1. The fraction of sp³-hybridized carbons (Fsp3) is 0.0588. The van der Waals surface area contributed by atoms with Gasteiger partial charge in [-0.3, -0.25) is 4.79 Å². The smallest absolute Gasteiger partial charge is 0.266 e. The number of rotatable bonds is 1. The van der Waals surface area contributed by atoms with Gasteiger partial charge >= 0.3 is 0 Å². The summed E-state index contributed by atoms with van der Waals surface area (Å²) < 4.78 is 0.988. The van der Waals surface area contributed by atoms with Crippen LogP contribution in [-0.2, 0) is 0 Å². The number of hydrogen-bond donors (Lipinski definition) is 1. The molecule has 3 rings (SSSR count). The van der Waals surface area contributed by atoms with Crippen molar-refractivity contribution >= 4 is 26.7 Å². The Morgan fingerprint density at radius 2 is 2.00 bits per heavy atom. The summed E-state index contributed by atoms with van der Waals surface area (Å²) in [7, 11) is 0. The molecular formula is C17H11BrN2O. The number of nitriles is 1. The fourth-order valence-corrected chi connectivity index (χ4v) is 2.93. The number of aryl methyl sites for hydroxylation is 1. The summed E-state index contributed by atoms with van der Waals surface area (Å²) in [5.74, 6) is 0. The van der Waals surface area contributed by atoms with Gasteiger partial charge < -0.3 is 4.98 Å². The van der Waals surface area contributed by atoms with Crippen LogP contribution in [0.2, 0.25) is 0 Å². The molecule has 0 saturated heterocycles. The number of benzene rings is 2. The summed E-state index contributed by atoms with van der Waals surface area (Å²) in [4.78, 5) is 14.6. The van der Waals surface area contributed by atoms with Crippen LogP contribution in [-0.4, -0.2) is 4.98 Å². The molecule has 102 valence electrons. The molecule has 1 aromatic heterocycles. The first-order valence-electron chi connectivity index (χ1n) is 6.43. The number of pyridine rings is 1. The summed E-state index contributed by atoms with van der Waals surface area (Å²) in [6.45, 7) is 1.81. The average molecular weight is 339 g/mol. The zero-order chi connectivity index (χ0) is 15.0. The summed E-state index contributed by atoms with van der Waals surface area (Å²) in [5, 5.41) is 11.4. The third-order valence-electron chi connectivity index (χ3n) is 3.42. The highest BCUT2D eigenvalue weighted by Gasteiger charge is 2.11. The van der Waals surface area contributed by atoms with E-state index in [-0.39, 0.29) is 11.1 Å². The van der Waals surface area contributed by atoms with Gasteiger partial charge in [0.1, 0.15) is 11.6 Å². The maximum absolute atomic E-state index is 11.9. The largest absolute Gasteiger partial charge is 0.325 e. The predicted molar refractivity (Wildman–Crippen MR) is 87.2 cm³/mol. The number of H-pyrrole nitrogens is 1. The molecule has 0 fully saturated rings. The van der Waals surface area contributed by atoms with Crippen LogP contribution in [0.4, 0.5) is 0 Å². The van der Waals surface area contributed by atoms with Gasteiger partial charge in [-0.25, -0.2) is 0 Å². The Kier molecular flexibility index (Phi) is 3.36. The van der Waals surface area contributed by atoms with Crippen LogP contribution in [0.15, 0.2) is 51.7 Å². The van der Waals surface area contributed by atoms with Gasteiger partial charge in [0.15, 0.2) is 0 Å². The molecule has 0 radical (unpaired) electrons. The molecule has 1 heterocycles. The molecule has 0 aliphatic heterocycles. The first kappa shape index (κ1) is 13.6. The molecular weight excluding hydrogens is 328 g/mol. The van der Waals surface area contributed by atoms with Gasteiger partial charge in [0, 0.05) is 15.7 Å². The quantitative estimate of drug-likeness (QED) is 0.724. The lowest BCUT2D eigenvalue weighted by molar-refractivity contribution is 1.13. The first-order chi connectivity index (χ1) is 10.1. The van der Waals surface area contributed by atoms with Crippen molar-refractivity contribution in [2.45, 2.75) is 6.92 Å². The van der Waals surface area contributed by atoms with E-state index in [4.69, 9.17) is 0 Å². The highest BCUT2D eigenvalue weighted by molar-refractivity contribution is 9.10. The van der Waals surface area contributed by atoms with Crippen LogP contribution in [0.5, 0.6) is 0 Å². The SMILES string of the molecule is Cc1cc(-c2ccc3cccc(Br)c3c2)c(C#N)c(=O)[nH]1. The molecule has 0 amide bonds. The van der Waals surface area contributed by atoms with Crippen molar-refractivity contribution in [3.63, 3.8) is 0 Å². The van der Waals surface area contributed by atoms with Crippen LogP contribution < -0.4 is 5.56 Å². The molecule has 0 unspecified atom stereocenters. The minimum atomic E-state index is -0.347. The van der Waals surface area contributed by atoms with Crippen molar-refractivity contribution in [3.8, 4) is 17.2 Å². The maximum Gasteiger partial charge on any atom is 0.266 e. The molecule has 2 aromatic carbocycles. The lowest BCUT2D eigenvalue weighted by Gasteiger charge is -2.08. The second kappa shape index (κ2) is 5.19. The minimum absolute atomic E-state index is 0.145. The van der Waals surface area contributed by atoms with Crippen molar-refractivity contribution < 1.29 is 0 Å². The van der Waals surface area contributed by atoms with E-state index < -0.39 is 0 Å². The molecule has 0 bridgehead atoms. The van der Waals surface area contributed by atoms with Gasteiger partial charge in [0.25, 0.3) is 5.56 Å². The van der Waals surface area contributed by atoms with Crippen molar-refractivity contribution in [1.29, 1.82) is 5.26 Å². The normalized spacial score (nSPS) is 10.5. The van der Waals surface area contributed by atoms with Gasteiger partial charge in [0.2, 0.25) is 0 Å². The molecule has 3 nitrogen and oxygen atoms in total. The Balaban J connectivity index is 2.34. The van der Waals surface area contributed by atoms with Crippen LogP contribution in [0, 0.1) is 18.3 Å². The summed E-state index contributed by atoms with van der Waals surface area (Å²) in [5.41, 5.74) is 2.06. The number of fused-ring (bicyclic) bond motifs is 1. The lowest BCUT2D eigenvalue weighted by atomic mass is 9.98. The van der Waals surface area contributed by atoms with Crippen molar-refractivity contribution in [2.75, 3.05) is 0 Å². The highest BCUT2D eigenvalue weighted by atomic mass is 79.9. The summed E-state index contributed by atoms with van der Waals surface area (Å²) >= 11 is 3.54. The van der Waals surface area contributed by atoms with Gasteiger partial charge in [-0.15, -0.1) is 0 Å². The third-order valence-corrected chi connectivity index (χ3v) is 4.11. The first-order valence-corrected chi connectivity index (χ1v) is 7.22. The van der Waals surface area contributed by atoms with Crippen LogP contribution in [0.3, 0.4) is 0 Å². The Bertz CT molecular complexity index is 951. The average Bonchev–Trinajstić information content (AvgIpc) is 2.46. The number of aromatic nitrogens is 1. The van der Waals surface area contributed by atoms with E-state index in [2.05, 4.69) is 20.9 Å². The van der Waals surface area contributed by atoms with Crippen LogP contribution in [0.25, 0.3) is 21.9 Å². The number of aromatic amines is 1. The summed E-state index contributed by atoms with van der Waals surface area (Å²) in [6.07, 6.45) is 0. The van der Waals surface area contributed by atoms with E-state index in [9.17, 15) is 10.1 Å². The fourth-order valence-electron chi connectivity index (χ4n) is 2.43. The van der Waals surface area contributed by atoms with E-state index in [1.807, 2.05) is 55.5 Å². The highest BCUT2D eigenvalue weighted by Crippen LogP contribution is 2.30. The van der Waals surface area contributed by atoms with Gasteiger partial charge in [-0.2, -0.15) is 5.26 Å². The van der Waals surface area contributed by atoms with E-state index in [0.29, 0.717) is 5.56 Å². The topological polar surface area (TPSA) is 56.6 Å². The van der Waals surface area contributed by atoms with Crippen LogP contribution >= 0.6 is 15.9 Å². The number of hydrogen-bond acceptors (Lipinski definition) is 2. The van der Waals surface area contributed by atoms with Crippen LogP contribution in [0.1, 0.15) is 11.3 Å². The second-order valence-electron chi connectivity index (χ2n) is 4.86. The predicted octanol–water partition coefficient (Wildman–Crippen LogP) is 4.14. The van der Waals surface area contributed by atoms with E-state index >= 15 is 0 Å². The number of nitrogens with zero attached hydrogens (tertiary/aromatic N) is 1. The molecule has 3 aromatic rings. The van der Waals surface area contributed by atoms with E-state index in [0.717, 1.165) is 26.5 Å². The summed E-state index contributed by atoms with van der Waals surface area (Å²) in [6, 6.07) is 15.7. The number of nitrogens with one attached hydrogen (secondary N) is 1.